The Labute approximate surface area is 121 Å². The number of carbonyl (C=O) groups is 1. The number of hydrogen-bond acceptors (Lipinski definition) is 5. The minimum Gasteiger partial charge on any atom is -0.496 e. The molecule has 2 rings (SSSR count). The molecule has 0 unspecified atom stereocenters. The van der Waals surface area contributed by atoms with Crippen molar-refractivity contribution in [2.24, 2.45) is 0 Å². The first-order chi connectivity index (χ1) is 9.61. The Hall–Kier alpha value is -2.02. The normalized spacial score (nSPS) is 10.3. The lowest BCUT2D eigenvalue weighted by atomic mass is 10.2. The van der Waals surface area contributed by atoms with Crippen LogP contribution in [0.1, 0.15) is 0 Å². The second kappa shape index (κ2) is 6.42. The average Bonchev–Trinajstić information content (AvgIpc) is 2.93. The van der Waals surface area contributed by atoms with Gasteiger partial charge in [0.15, 0.2) is 5.82 Å². The van der Waals surface area contributed by atoms with E-state index in [2.05, 4.69) is 15.2 Å². The molecular weight excluding hydrogens is 276 g/mol. The Morgan fingerprint density at radius 3 is 2.85 bits per heavy atom. The molecule has 0 radical (unpaired) electrons. The lowest BCUT2D eigenvalue weighted by molar-refractivity contribution is -0.125. The third kappa shape index (κ3) is 3.30. The van der Waals surface area contributed by atoms with Gasteiger partial charge >= 0.3 is 0 Å². The fraction of sp³-hybridized carbons (Fsp3) is 0.308. The zero-order valence-electron chi connectivity index (χ0n) is 11.6. The van der Waals surface area contributed by atoms with Gasteiger partial charge < -0.3 is 9.64 Å². The number of aromatic nitrogens is 3. The molecule has 0 atom stereocenters. The topological polar surface area (TPSA) is 71.1 Å². The van der Waals surface area contributed by atoms with Crippen molar-refractivity contribution < 1.29 is 9.53 Å². The van der Waals surface area contributed by atoms with E-state index < -0.39 is 0 Å². The number of methoxy groups -OCH3 is 1. The second-order valence-electron chi connectivity index (χ2n) is 4.24. The van der Waals surface area contributed by atoms with E-state index in [1.807, 2.05) is 24.3 Å². The maximum atomic E-state index is 11.5. The molecule has 0 aliphatic rings. The van der Waals surface area contributed by atoms with Crippen molar-refractivity contribution in [3.8, 4) is 17.1 Å². The summed E-state index contributed by atoms with van der Waals surface area (Å²) in [5.41, 5.74) is 0.841. The first-order valence-corrected chi connectivity index (χ1v) is 6.99. The van der Waals surface area contributed by atoms with Crippen molar-refractivity contribution in [1.29, 1.82) is 0 Å². The summed E-state index contributed by atoms with van der Waals surface area (Å²) < 4.78 is 5.28. The summed E-state index contributed by atoms with van der Waals surface area (Å²) in [6.45, 7) is 0. The number of carbonyl (C=O) groups excluding carboxylic acids is 1. The largest absolute Gasteiger partial charge is 0.496 e. The maximum absolute atomic E-state index is 11.5. The highest BCUT2D eigenvalue weighted by Gasteiger charge is 2.12. The van der Waals surface area contributed by atoms with Crippen molar-refractivity contribution in [3.05, 3.63) is 24.3 Å². The van der Waals surface area contributed by atoms with Gasteiger partial charge in [-0.2, -0.15) is 0 Å². The van der Waals surface area contributed by atoms with E-state index in [-0.39, 0.29) is 5.91 Å². The van der Waals surface area contributed by atoms with Crippen LogP contribution in [0.15, 0.2) is 29.4 Å². The highest BCUT2D eigenvalue weighted by atomic mass is 32.2. The predicted octanol–water partition coefficient (Wildman–Crippen LogP) is 1.66. The Bertz CT molecular complexity index is 598. The van der Waals surface area contributed by atoms with Crippen LogP contribution in [0.3, 0.4) is 0 Å². The number of thioether (sulfide) groups is 1. The number of nitrogens with zero attached hydrogens (tertiary/aromatic N) is 3. The summed E-state index contributed by atoms with van der Waals surface area (Å²) in [6.07, 6.45) is 0. The van der Waals surface area contributed by atoms with Gasteiger partial charge in [0.25, 0.3) is 0 Å². The minimum atomic E-state index is 0.0265. The summed E-state index contributed by atoms with van der Waals surface area (Å²) in [5.74, 6) is 1.70. The SMILES string of the molecule is COc1ccccc1-c1nc(SCC(=O)N(C)C)n[nH]1. The summed E-state index contributed by atoms with van der Waals surface area (Å²) in [4.78, 5) is 17.4. The molecule has 0 bridgehead atoms. The van der Waals surface area contributed by atoms with E-state index in [1.165, 1.54) is 11.8 Å². The molecule has 106 valence electrons. The molecule has 20 heavy (non-hydrogen) atoms. The molecule has 1 heterocycles. The Morgan fingerprint density at radius 1 is 1.40 bits per heavy atom. The van der Waals surface area contributed by atoms with Gasteiger partial charge in [-0.05, 0) is 12.1 Å². The summed E-state index contributed by atoms with van der Waals surface area (Å²) in [5, 5.41) is 7.51. The number of ether oxygens (including phenoxy) is 1. The molecule has 0 saturated heterocycles. The fourth-order valence-electron chi connectivity index (χ4n) is 1.53. The molecule has 0 aliphatic heterocycles. The first-order valence-electron chi connectivity index (χ1n) is 6.00. The van der Waals surface area contributed by atoms with Gasteiger partial charge in [-0.25, -0.2) is 4.98 Å². The maximum Gasteiger partial charge on any atom is 0.232 e. The van der Waals surface area contributed by atoms with Crippen LogP contribution in [0.25, 0.3) is 11.4 Å². The predicted molar refractivity (Wildman–Crippen MR) is 77.8 cm³/mol. The van der Waals surface area contributed by atoms with Gasteiger partial charge in [0.1, 0.15) is 5.75 Å². The number of aromatic amines is 1. The number of rotatable bonds is 5. The number of amides is 1. The lowest BCUT2D eigenvalue weighted by Crippen LogP contribution is -2.23. The van der Waals surface area contributed by atoms with Crippen LogP contribution in [0.4, 0.5) is 0 Å². The van der Waals surface area contributed by atoms with Crippen molar-refractivity contribution in [2.75, 3.05) is 27.0 Å². The van der Waals surface area contributed by atoms with Crippen molar-refractivity contribution >= 4 is 17.7 Å². The van der Waals surface area contributed by atoms with Gasteiger partial charge in [0.2, 0.25) is 11.1 Å². The molecule has 1 N–H and O–H groups in total. The van der Waals surface area contributed by atoms with E-state index in [9.17, 15) is 4.79 Å². The number of benzene rings is 1. The van der Waals surface area contributed by atoms with Crippen LogP contribution in [-0.4, -0.2) is 52.9 Å². The van der Waals surface area contributed by atoms with Crippen LogP contribution in [0.2, 0.25) is 0 Å². The number of nitrogens with one attached hydrogen (secondary N) is 1. The Balaban J connectivity index is 2.11. The minimum absolute atomic E-state index is 0.0265. The second-order valence-corrected chi connectivity index (χ2v) is 5.19. The molecule has 0 saturated carbocycles. The molecular formula is C13H16N4O2S. The molecule has 0 fully saturated rings. The van der Waals surface area contributed by atoms with Crippen molar-refractivity contribution in [1.82, 2.24) is 20.1 Å². The smallest absolute Gasteiger partial charge is 0.232 e. The van der Waals surface area contributed by atoms with Crippen LogP contribution in [-0.2, 0) is 4.79 Å². The van der Waals surface area contributed by atoms with Crippen molar-refractivity contribution in [3.63, 3.8) is 0 Å². The van der Waals surface area contributed by atoms with Gasteiger partial charge in [-0.3, -0.25) is 9.89 Å². The molecule has 2 aromatic rings. The highest BCUT2D eigenvalue weighted by Crippen LogP contribution is 2.27. The van der Waals surface area contributed by atoms with Gasteiger partial charge in [-0.15, -0.1) is 5.10 Å². The fourth-order valence-corrected chi connectivity index (χ4v) is 2.30. The third-order valence-electron chi connectivity index (χ3n) is 2.65. The molecule has 6 nitrogen and oxygen atoms in total. The van der Waals surface area contributed by atoms with Crippen LogP contribution in [0.5, 0.6) is 5.75 Å². The van der Waals surface area contributed by atoms with E-state index in [0.29, 0.717) is 16.7 Å². The summed E-state index contributed by atoms with van der Waals surface area (Å²) in [6, 6.07) is 7.56. The van der Waals surface area contributed by atoms with Crippen LogP contribution < -0.4 is 4.74 Å². The van der Waals surface area contributed by atoms with Crippen molar-refractivity contribution in [2.45, 2.75) is 5.16 Å². The first kappa shape index (κ1) is 14.4. The Morgan fingerprint density at radius 2 is 2.15 bits per heavy atom. The van der Waals surface area contributed by atoms with Gasteiger partial charge in [0, 0.05) is 14.1 Å². The third-order valence-corrected chi connectivity index (χ3v) is 3.48. The van der Waals surface area contributed by atoms with E-state index in [1.54, 1.807) is 26.1 Å². The molecule has 0 aliphatic carbocycles. The Kier molecular flexibility index (Phi) is 4.62. The van der Waals surface area contributed by atoms with E-state index in [0.717, 1.165) is 11.3 Å². The lowest BCUT2D eigenvalue weighted by Gasteiger charge is -2.07. The molecule has 1 aromatic carbocycles. The summed E-state index contributed by atoms with van der Waals surface area (Å²) >= 11 is 1.30. The molecule has 0 spiro atoms. The monoisotopic (exact) mass is 292 g/mol. The van der Waals surface area contributed by atoms with Crippen LogP contribution >= 0.6 is 11.8 Å². The van der Waals surface area contributed by atoms with E-state index >= 15 is 0 Å². The number of hydrogen-bond donors (Lipinski definition) is 1. The summed E-state index contributed by atoms with van der Waals surface area (Å²) in [7, 11) is 5.06. The number of H-pyrrole nitrogens is 1. The molecule has 7 heteroatoms. The molecule has 1 amide bonds. The average molecular weight is 292 g/mol. The zero-order valence-corrected chi connectivity index (χ0v) is 12.4. The standard InChI is InChI=1S/C13H16N4O2S/c1-17(2)11(18)8-20-13-14-12(15-16-13)9-6-4-5-7-10(9)19-3/h4-7H,8H2,1-3H3,(H,14,15,16). The quantitative estimate of drug-likeness (QED) is 0.849. The van der Waals surface area contributed by atoms with Gasteiger partial charge in [-0.1, -0.05) is 23.9 Å². The van der Waals surface area contributed by atoms with Crippen LogP contribution in [0, 0.1) is 0 Å². The zero-order chi connectivity index (χ0) is 14.5. The number of para-hydroxylation sites is 1. The highest BCUT2D eigenvalue weighted by molar-refractivity contribution is 7.99. The van der Waals surface area contributed by atoms with Gasteiger partial charge in [0.05, 0.1) is 18.4 Å². The van der Waals surface area contributed by atoms with E-state index in [4.69, 9.17) is 4.74 Å². The molecule has 1 aromatic heterocycles.